The van der Waals surface area contributed by atoms with Gasteiger partial charge in [-0.3, -0.25) is 9.59 Å². The molecule has 0 spiro atoms. The van der Waals surface area contributed by atoms with Crippen molar-refractivity contribution >= 4 is 29.9 Å². The Balaban J connectivity index is 1.73. The lowest BCUT2D eigenvalue weighted by Crippen LogP contribution is -2.46. The number of ether oxygens (including phenoxy) is 1. The number of esters is 1. The third-order valence-corrected chi connectivity index (χ3v) is 4.92. The molecule has 2 aromatic rings. The Morgan fingerprint density at radius 1 is 1.03 bits per heavy atom. The van der Waals surface area contributed by atoms with Gasteiger partial charge in [0, 0.05) is 12.6 Å². The number of amides is 2. The van der Waals surface area contributed by atoms with Gasteiger partial charge in [-0.1, -0.05) is 60.7 Å². The highest BCUT2D eigenvalue weighted by molar-refractivity contribution is 6.01. The number of rotatable bonds is 7. The number of hydrogen-bond donors (Lipinski definition) is 1. The van der Waals surface area contributed by atoms with E-state index in [0.29, 0.717) is 13.0 Å². The first-order valence-electron chi connectivity index (χ1n) is 10.4. The first kappa shape index (κ1) is 22.0. The van der Waals surface area contributed by atoms with Crippen molar-refractivity contribution in [1.82, 2.24) is 10.2 Å². The Bertz CT molecular complexity index is 968. The van der Waals surface area contributed by atoms with Crippen LogP contribution in [-0.2, 0) is 19.1 Å². The summed E-state index contributed by atoms with van der Waals surface area (Å²) in [7, 11) is 0. The van der Waals surface area contributed by atoms with Gasteiger partial charge in [0.2, 0.25) is 11.8 Å². The van der Waals surface area contributed by atoms with Crippen LogP contribution in [-0.4, -0.2) is 41.9 Å². The second-order valence-corrected chi connectivity index (χ2v) is 7.11. The lowest BCUT2D eigenvalue weighted by atomic mass is 10.1. The van der Waals surface area contributed by atoms with Crippen molar-refractivity contribution in [2.24, 2.45) is 0 Å². The zero-order valence-electron chi connectivity index (χ0n) is 17.5. The Kier molecular flexibility index (Phi) is 7.76. The molecule has 1 N–H and O–H groups in total. The molecule has 1 saturated heterocycles. The van der Waals surface area contributed by atoms with E-state index in [2.05, 4.69) is 5.32 Å². The van der Waals surface area contributed by atoms with Gasteiger partial charge in [-0.15, -0.1) is 0 Å². The monoisotopic (exact) mass is 418 g/mol. The van der Waals surface area contributed by atoms with E-state index in [4.69, 9.17) is 4.74 Å². The van der Waals surface area contributed by atoms with Crippen LogP contribution in [0.3, 0.4) is 0 Å². The average Bonchev–Trinajstić information content (AvgIpc) is 3.29. The molecule has 1 heterocycles. The maximum absolute atomic E-state index is 13.0. The van der Waals surface area contributed by atoms with Crippen LogP contribution in [0.1, 0.15) is 30.9 Å². The number of likely N-dealkylation sites (tertiary alicyclic amines) is 1. The second kappa shape index (κ2) is 10.9. The average molecular weight is 418 g/mol. The molecule has 1 fully saturated rings. The predicted octanol–water partition coefficient (Wildman–Crippen LogP) is 3.41. The number of carbonyl (C=O) groups excluding carboxylic acids is 3. The zero-order chi connectivity index (χ0) is 22.1. The van der Waals surface area contributed by atoms with E-state index in [0.717, 1.165) is 17.5 Å². The summed E-state index contributed by atoms with van der Waals surface area (Å²) in [5.41, 5.74) is 1.72. The fourth-order valence-corrected chi connectivity index (χ4v) is 3.42. The van der Waals surface area contributed by atoms with Crippen LogP contribution in [0.15, 0.2) is 72.4 Å². The van der Waals surface area contributed by atoms with Crippen molar-refractivity contribution < 1.29 is 19.1 Å². The molecule has 0 aliphatic carbocycles. The van der Waals surface area contributed by atoms with E-state index in [-0.39, 0.29) is 18.2 Å². The third-order valence-electron chi connectivity index (χ3n) is 4.92. The number of benzene rings is 2. The highest BCUT2D eigenvalue weighted by atomic mass is 16.5. The minimum Gasteiger partial charge on any atom is -0.461 e. The summed E-state index contributed by atoms with van der Waals surface area (Å²) in [5.74, 6) is -1.24. The molecule has 1 aliphatic heterocycles. The molecule has 6 nitrogen and oxygen atoms in total. The fourth-order valence-electron chi connectivity index (χ4n) is 3.42. The van der Waals surface area contributed by atoms with Crippen molar-refractivity contribution in [3.05, 3.63) is 83.6 Å². The van der Waals surface area contributed by atoms with Gasteiger partial charge in [-0.2, -0.15) is 0 Å². The molecule has 31 heavy (non-hydrogen) atoms. The number of nitrogens with zero attached hydrogens (tertiary/aromatic N) is 1. The molecule has 1 atom stereocenters. The summed E-state index contributed by atoms with van der Waals surface area (Å²) in [5, 5.41) is 2.68. The predicted molar refractivity (Wildman–Crippen MR) is 119 cm³/mol. The lowest BCUT2D eigenvalue weighted by Gasteiger charge is -2.23. The van der Waals surface area contributed by atoms with Crippen LogP contribution < -0.4 is 5.32 Å². The minimum atomic E-state index is -0.637. The molecule has 0 aromatic heterocycles. The largest absolute Gasteiger partial charge is 0.461 e. The Hall–Kier alpha value is -3.67. The molecule has 6 heteroatoms. The molecule has 160 valence electrons. The van der Waals surface area contributed by atoms with Gasteiger partial charge in [-0.05, 0) is 43.0 Å². The van der Waals surface area contributed by atoms with Gasteiger partial charge in [-0.25, -0.2) is 4.79 Å². The quantitative estimate of drug-likeness (QED) is 0.552. The summed E-state index contributed by atoms with van der Waals surface area (Å²) < 4.78 is 5.09. The third kappa shape index (κ3) is 6.15. The second-order valence-electron chi connectivity index (χ2n) is 7.11. The van der Waals surface area contributed by atoms with Crippen LogP contribution >= 0.6 is 0 Å². The van der Waals surface area contributed by atoms with Crippen molar-refractivity contribution in [1.29, 1.82) is 0 Å². The van der Waals surface area contributed by atoms with E-state index in [1.807, 2.05) is 60.7 Å². The zero-order valence-corrected chi connectivity index (χ0v) is 17.5. The van der Waals surface area contributed by atoms with E-state index < -0.39 is 17.9 Å². The van der Waals surface area contributed by atoms with Crippen LogP contribution in [0.2, 0.25) is 0 Å². The number of carbonyl (C=O) groups is 3. The number of nitrogens with one attached hydrogen (secondary N) is 1. The lowest BCUT2D eigenvalue weighted by molar-refractivity contribution is -0.140. The normalized spacial score (nSPS) is 16.4. The molecular formula is C25H26N2O4. The molecule has 3 rings (SSSR count). The van der Waals surface area contributed by atoms with Gasteiger partial charge < -0.3 is 15.0 Å². The van der Waals surface area contributed by atoms with Gasteiger partial charge in [0.15, 0.2) is 0 Å². The molecule has 0 unspecified atom stereocenters. The maximum Gasteiger partial charge on any atom is 0.354 e. The first-order valence-corrected chi connectivity index (χ1v) is 10.4. The number of hydrogen-bond acceptors (Lipinski definition) is 4. The van der Waals surface area contributed by atoms with Gasteiger partial charge in [0.25, 0.3) is 0 Å². The standard InChI is InChI=1S/C25H26N2O4/c1-2-31-25(30)21(18-20-12-7-4-8-13-20)26-24(29)22-14-9-17-27(22)23(28)16-15-19-10-5-3-6-11-19/h3-8,10-13,15-16,18,22H,2,9,14,17H2,1H3,(H,26,29)/b16-15+,21-18+/t22-/m0/s1. The van der Waals surface area contributed by atoms with Crippen LogP contribution in [0, 0.1) is 0 Å². The first-order chi connectivity index (χ1) is 15.1. The van der Waals surface area contributed by atoms with Crippen molar-refractivity contribution in [2.75, 3.05) is 13.2 Å². The van der Waals surface area contributed by atoms with Gasteiger partial charge in [0.1, 0.15) is 11.7 Å². The van der Waals surface area contributed by atoms with Crippen molar-refractivity contribution in [3.63, 3.8) is 0 Å². The molecule has 2 amide bonds. The summed E-state index contributed by atoms with van der Waals surface area (Å²) in [6.45, 7) is 2.39. The summed E-state index contributed by atoms with van der Waals surface area (Å²) in [4.78, 5) is 39.6. The smallest absolute Gasteiger partial charge is 0.354 e. The Morgan fingerprint density at radius 3 is 2.32 bits per heavy atom. The van der Waals surface area contributed by atoms with Gasteiger partial charge in [0.05, 0.1) is 6.61 Å². The molecule has 0 bridgehead atoms. The van der Waals surface area contributed by atoms with Crippen LogP contribution in [0.25, 0.3) is 12.2 Å². The summed E-state index contributed by atoms with van der Waals surface area (Å²) >= 11 is 0. The van der Waals surface area contributed by atoms with Crippen LogP contribution in [0.4, 0.5) is 0 Å². The van der Waals surface area contributed by atoms with E-state index in [1.54, 1.807) is 24.0 Å². The molecule has 0 saturated carbocycles. The highest BCUT2D eigenvalue weighted by Crippen LogP contribution is 2.19. The van der Waals surface area contributed by atoms with Crippen molar-refractivity contribution in [3.8, 4) is 0 Å². The minimum absolute atomic E-state index is 0.0529. The van der Waals surface area contributed by atoms with E-state index in [9.17, 15) is 14.4 Å². The Morgan fingerprint density at radius 2 is 1.68 bits per heavy atom. The fraction of sp³-hybridized carbons (Fsp3) is 0.240. The highest BCUT2D eigenvalue weighted by Gasteiger charge is 2.34. The van der Waals surface area contributed by atoms with E-state index in [1.165, 1.54) is 6.08 Å². The summed E-state index contributed by atoms with van der Waals surface area (Å²) in [6.07, 6.45) is 6.05. The SMILES string of the molecule is CCOC(=O)/C(=C\c1ccccc1)NC(=O)[C@@H]1CCCN1C(=O)/C=C/c1ccccc1. The molecule has 2 aromatic carbocycles. The summed E-state index contributed by atoms with van der Waals surface area (Å²) in [6, 6.07) is 18.1. The van der Waals surface area contributed by atoms with Crippen molar-refractivity contribution in [2.45, 2.75) is 25.8 Å². The molecule has 0 radical (unpaired) electrons. The maximum atomic E-state index is 13.0. The Labute approximate surface area is 182 Å². The molecular weight excluding hydrogens is 392 g/mol. The topological polar surface area (TPSA) is 75.7 Å². The van der Waals surface area contributed by atoms with E-state index >= 15 is 0 Å². The molecule has 1 aliphatic rings. The van der Waals surface area contributed by atoms with Crippen LogP contribution in [0.5, 0.6) is 0 Å². The van der Waals surface area contributed by atoms with Gasteiger partial charge >= 0.3 is 5.97 Å².